The maximum atomic E-state index is 9.46. The summed E-state index contributed by atoms with van der Waals surface area (Å²) in [7, 11) is 1.97. The van der Waals surface area contributed by atoms with E-state index in [1.807, 2.05) is 9.39 Å². The van der Waals surface area contributed by atoms with Crippen molar-refractivity contribution in [3.8, 4) is 0 Å². The molecule has 0 heterocycles. The van der Waals surface area contributed by atoms with Crippen molar-refractivity contribution in [2.24, 2.45) is 5.73 Å². The molecule has 0 fully saturated rings. The van der Waals surface area contributed by atoms with E-state index in [1.165, 1.54) is 0 Å². The summed E-state index contributed by atoms with van der Waals surface area (Å²) in [6.45, 7) is 0. The molecule has 5 heteroatoms. The van der Waals surface area contributed by atoms with Gasteiger partial charge in [0.05, 0.1) is 0 Å². The Morgan fingerprint density at radius 2 is 2.17 bits per heavy atom. The van der Waals surface area contributed by atoms with Crippen molar-refractivity contribution < 1.29 is 57.6 Å². The van der Waals surface area contributed by atoms with E-state index in [4.69, 9.17) is 0 Å². The van der Waals surface area contributed by atoms with Crippen LogP contribution in [0, 0.1) is 0 Å². The van der Waals surface area contributed by atoms with Gasteiger partial charge in [-0.15, -0.1) is 0 Å². The second-order valence-electron chi connectivity index (χ2n) is 0.509. The number of rotatable bonds is 0. The molecule has 0 rings (SSSR count). The number of nitrogens with two attached hydrogens (primary N) is 1. The van der Waals surface area contributed by atoms with E-state index < -0.39 is 6.03 Å². The van der Waals surface area contributed by atoms with Crippen molar-refractivity contribution in [3.63, 3.8) is 0 Å². The largest absolute Gasteiger partial charge is 1.00 e. The van der Waals surface area contributed by atoms with E-state index in [0.29, 0.717) is 0 Å². The van der Waals surface area contributed by atoms with Crippen LogP contribution in [0.15, 0.2) is 0 Å². The van der Waals surface area contributed by atoms with Gasteiger partial charge in [0, 0.05) is 0 Å². The summed E-state index contributed by atoms with van der Waals surface area (Å²) in [5.41, 5.74) is 4.52. The molecule has 0 aliphatic rings. The molecule has 32 valence electrons. The molecule has 0 saturated heterocycles. The van der Waals surface area contributed by atoms with Gasteiger partial charge in [-0.2, -0.15) is 0 Å². The van der Waals surface area contributed by atoms with Crippen LogP contribution in [-0.4, -0.2) is 6.03 Å². The van der Waals surface area contributed by atoms with Gasteiger partial charge >= 0.3 is 57.4 Å². The molecular formula is CH6KN2OP. The Balaban J connectivity index is -0.0000000800. The third kappa shape index (κ3) is 9.01. The quantitative estimate of drug-likeness (QED) is 0.261. The van der Waals surface area contributed by atoms with Gasteiger partial charge < -0.3 is 12.2 Å². The van der Waals surface area contributed by atoms with Crippen LogP contribution >= 0.6 is 9.39 Å². The van der Waals surface area contributed by atoms with Gasteiger partial charge in [-0.05, 0) is 9.39 Å². The molecule has 0 aromatic heterocycles. The summed E-state index contributed by atoms with van der Waals surface area (Å²) in [5.74, 6) is 0. The molecule has 0 radical (unpaired) electrons. The molecule has 0 bridgehead atoms. The predicted octanol–water partition coefficient (Wildman–Crippen LogP) is -3.44. The first-order valence-corrected chi connectivity index (χ1v) is 1.61. The average molecular weight is 132 g/mol. The zero-order chi connectivity index (χ0) is 4.28. The average Bonchev–Trinajstić information content (AvgIpc) is 1.38. The van der Waals surface area contributed by atoms with Crippen LogP contribution < -0.4 is 62.2 Å². The fourth-order valence-corrected chi connectivity index (χ4v) is 0. The van der Waals surface area contributed by atoms with Crippen LogP contribution in [0.4, 0.5) is 4.79 Å². The Hall–Kier alpha value is 1.34. The third-order valence-electron chi connectivity index (χ3n) is 0.142. The summed E-state index contributed by atoms with van der Waals surface area (Å²) >= 11 is 0. The zero-order valence-corrected chi connectivity index (χ0v) is 7.84. The van der Waals surface area contributed by atoms with Gasteiger partial charge in [-0.25, -0.2) is 4.79 Å². The number of urea groups is 1. The number of amides is 2. The molecule has 0 saturated carbocycles. The maximum Gasteiger partial charge on any atom is 1.00 e. The molecule has 0 spiro atoms. The van der Waals surface area contributed by atoms with Crippen LogP contribution in [0.25, 0.3) is 0 Å². The monoisotopic (exact) mass is 132 g/mol. The van der Waals surface area contributed by atoms with Crippen molar-refractivity contribution in [1.82, 2.24) is 5.09 Å². The third-order valence-corrected chi connectivity index (χ3v) is 0.427. The summed E-state index contributed by atoms with van der Waals surface area (Å²) in [6.07, 6.45) is 0. The van der Waals surface area contributed by atoms with E-state index in [9.17, 15) is 4.79 Å². The topological polar surface area (TPSA) is 55.1 Å². The minimum Gasteiger partial charge on any atom is -1.00 e. The van der Waals surface area contributed by atoms with E-state index in [1.54, 1.807) is 0 Å². The molecule has 6 heavy (non-hydrogen) atoms. The molecule has 3 nitrogen and oxygen atoms in total. The van der Waals surface area contributed by atoms with E-state index in [-0.39, 0.29) is 52.8 Å². The standard InChI is InChI=1S/CH5N2OP.K.H/c2-1(4)3-5;;/h5H2,(H3,2,3,4);;/q;+1;-1. The molecule has 0 aromatic rings. The van der Waals surface area contributed by atoms with Crippen LogP contribution in [0.1, 0.15) is 1.43 Å². The SMILES string of the molecule is NC(=O)NP.[H-].[K+]. The minimum absolute atomic E-state index is 0. The first-order valence-electron chi connectivity index (χ1n) is 1.03. The number of carbonyl (C=O) groups is 1. The van der Waals surface area contributed by atoms with Crippen LogP contribution in [0.5, 0.6) is 0 Å². The second-order valence-corrected chi connectivity index (χ2v) is 0.797. The fourth-order valence-electron chi connectivity index (χ4n) is 0. The zero-order valence-electron chi connectivity index (χ0n) is 4.56. The Kier molecular flexibility index (Phi) is 10.9. The van der Waals surface area contributed by atoms with Gasteiger partial charge in [0.1, 0.15) is 0 Å². The Labute approximate surface area is 82.6 Å². The van der Waals surface area contributed by atoms with Crippen molar-refractivity contribution >= 4 is 15.4 Å². The van der Waals surface area contributed by atoms with E-state index >= 15 is 0 Å². The number of nitrogens with one attached hydrogen (secondary N) is 1. The Morgan fingerprint density at radius 3 is 2.17 bits per heavy atom. The predicted molar refractivity (Wildman–Crippen MR) is 23.5 cm³/mol. The number of primary amides is 1. The molecule has 1 atom stereocenters. The summed E-state index contributed by atoms with van der Waals surface area (Å²) < 4.78 is 0. The fraction of sp³-hybridized carbons (Fsp3) is 0. The number of hydrogen-bond acceptors (Lipinski definition) is 1. The van der Waals surface area contributed by atoms with Crippen LogP contribution in [0.3, 0.4) is 0 Å². The van der Waals surface area contributed by atoms with Crippen molar-refractivity contribution in [1.29, 1.82) is 0 Å². The van der Waals surface area contributed by atoms with Crippen molar-refractivity contribution in [2.75, 3.05) is 0 Å². The summed E-state index contributed by atoms with van der Waals surface area (Å²) in [5, 5.41) is 2.08. The Morgan fingerprint density at radius 1 is 2.00 bits per heavy atom. The first-order chi connectivity index (χ1) is 2.27. The normalized spacial score (nSPS) is 5.50. The van der Waals surface area contributed by atoms with Gasteiger partial charge in [-0.3, -0.25) is 0 Å². The Bertz CT molecular complexity index is 53.0. The van der Waals surface area contributed by atoms with Gasteiger partial charge in [0.25, 0.3) is 0 Å². The number of hydrogen-bond donors (Lipinski definition) is 2. The molecule has 1 unspecified atom stereocenters. The smallest absolute Gasteiger partial charge is 1.00 e. The minimum atomic E-state index is -0.532. The van der Waals surface area contributed by atoms with Gasteiger partial charge in [-0.1, -0.05) is 0 Å². The first kappa shape index (κ1) is 10.3. The van der Waals surface area contributed by atoms with Crippen molar-refractivity contribution in [2.45, 2.75) is 0 Å². The molecule has 3 N–H and O–H groups in total. The van der Waals surface area contributed by atoms with E-state index in [2.05, 4.69) is 10.8 Å². The molecular weight excluding hydrogens is 126 g/mol. The van der Waals surface area contributed by atoms with Crippen LogP contribution in [0.2, 0.25) is 0 Å². The van der Waals surface area contributed by atoms with E-state index in [0.717, 1.165) is 0 Å². The summed E-state index contributed by atoms with van der Waals surface area (Å²) in [4.78, 5) is 9.46. The van der Waals surface area contributed by atoms with Crippen molar-refractivity contribution in [3.05, 3.63) is 0 Å². The second kappa shape index (κ2) is 6.34. The van der Waals surface area contributed by atoms with Gasteiger partial charge in [0.2, 0.25) is 0 Å². The molecule has 2 amide bonds. The maximum absolute atomic E-state index is 9.46. The molecule has 0 aromatic carbocycles. The number of carbonyl (C=O) groups excluding carboxylic acids is 1. The summed E-state index contributed by atoms with van der Waals surface area (Å²) in [6, 6.07) is -0.532. The van der Waals surface area contributed by atoms with Crippen LogP contribution in [-0.2, 0) is 0 Å². The van der Waals surface area contributed by atoms with Gasteiger partial charge in [0.15, 0.2) is 0 Å². The molecule has 0 aliphatic heterocycles. The molecule has 0 aliphatic carbocycles.